The van der Waals surface area contributed by atoms with Crippen LogP contribution in [0, 0.1) is 6.92 Å². The molecule has 1 aromatic heterocycles. The number of para-hydroxylation sites is 1. The van der Waals surface area contributed by atoms with Crippen LogP contribution in [-0.4, -0.2) is 15.7 Å². The molecule has 0 radical (unpaired) electrons. The second kappa shape index (κ2) is 5.90. The van der Waals surface area contributed by atoms with Crippen LogP contribution in [0.3, 0.4) is 0 Å². The molecule has 2 aromatic rings. The number of rotatable bonds is 4. The predicted octanol–water partition coefficient (Wildman–Crippen LogP) is 3.03. The first-order valence-electron chi connectivity index (χ1n) is 6.85. The lowest BCUT2D eigenvalue weighted by Crippen LogP contribution is -2.17. The highest BCUT2D eigenvalue weighted by atomic mass is 16.1. The van der Waals surface area contributed by atoms with E-state index in [2.05, 4.69) is 30.3 Å². The van der Waals surface area contributed by atoms with Gasteiger partial charge in [-0.15, -0.1) is 0 Å². The summed E-state index contributed by atoms with van der Waals surface area (Å²) in [6.45, 7) is 6.17. The van der Waals surface area contributed by atoms with Gasteiger partial charge in [-0.25, -0.2) is 0 Å². The van der Waals surface area contributed by atoms with Crippen molar-refractivity contribution in [3.8, 4) is 0 Å². The molecule has 0 spiro atoms. The summed E-state index contributed by atoms with van der Waals surface area (Å²) in [5.41, 5.74) is 3.90. The normalized spacial score (nSPS) is 10.8. The first-order chi connectivity index (χ1) is 9.47. The number of benzene rings is 1. The van der Waals surface area contributed by atoms with Gasteiger partial charge in [0.2, 0.25) is 5.91 Å². The van der Waals surface area contributed by atoms with Crippen molar-refractivity contribution in [2.24, 2.45) is 7.05 Å². The molecule has 0 saturated carbocycles. The van der Waals surface area contributed by atoms with Gasteiger partial charge in [0.15, 0.2) is 0 Å². The lowest BCUT2D eigenvalue weighted by atomic mass is 10.0. The van der Waals surface area contributed by atoms with Crippen molar-refractivity contribution in [1.82, 2.24) is 9.78 Å². The average Bonchev–Trinajstić information content (AvgIpc) is 2.68. The smallest absolute Gasteiger partial charge is 0.230 e. The van der Waals surface area contributed by atoms with Crippen molar-refractivity contribution in [2.45, 2.75) is 33.1 Å². The molecule has 1 N–H and O–H groups in total. The molecule has 0 atom stereocenters. The lowest BCUT2D eigenvalue weighted by molar-refractivity contribution is -0.115. The summed E-state index contributed by atoms with van der Waals surface area (Å²) in [5, 5.41) is 7.25. The molecule has 4 heteroatoms. The van der Waals surface area contributed by atoms with Gasteiger partial charge in [0.1, 0.15) is 0 Å². The van der Waals surface area contributed by atoms with Crippen LogP contribution in [0.1, 0.15) is 36.7 Å². The Labute approximate surface area is 119 Å². The Kier molecular flexibility index (Phi) is 4.23. The maximum atomic E-state index is 12.2. The van der Waals surface area contributed by atoms with Gasteiger partial charge < -0.3 is 5.32 Å². The minimum atomic E-state index is -0.0129. The molecular weight excluding hydrogens is 250 g/mol. The molecule has 1 heterocycles. The maximum absolute atomic E-state index is 12.2. The van der Waals surface area contributed by atoms with Crippen LogP contribution in [0.2, 0.25) is 0 Å². The molecule has 0 unspecified atom stereocenters. The molecule has 2 rings (SSSR count). The molecule has 20 heavy (non-hydrogen) atoms. The number of hydrogen-bond acceptors (Lipinski definition) is 2. The summed E-state index contributed by atoms with van der Waals surface area (Å²) in [6, 6.07) is 9.87. The van der Waals surface area contributed by atoms with Gasteiger partial charge >= 0.3 is 0 Å². The second-order valence-corrected chi connectivity index (χ2v) is 5.37. The predicted molar refractivity (Wildman–Crippen MR) is 80.8 cm³/mol. The van der Waals surface area contributed by atoms with Crippen molar-refractivity contribution in [3.63, 3.8) is 0 Å². The van der Waals surface area contributed by atoms with Crippen LogP contribution in [0.15, 0.2) is 30.3 Å². The Balaban J connectivity index is 2.11. The van der Waals surface area contributed by atoms with Gasteiger partial charge in [0.05, 0.1) is 12.1 Å². The number of amides is 1. The molecule has 0 aliphatic heterocycles. The number of nitrogens with zero attached hydrogens (tertiary/aromatic N) is 2. The molecular formula is C16H21N3O. The van der Waals surface area contributed by atoms with Crippen molar-refractivity contribution in [3.05, 3.63) is 47.3 Å². The highest BCUT2D eigenvalue weighted by molar-refractivity contribution is 5.92. The lowest BCUT2D eigenvalue weighted by Gasteiger charge is -2.13. The zero-order valence-electron chi connectivity index (χ0n) is 12.5. The molecule has 1 aromatic carbocycles. The van der Waals surface area contributed by atoms with Crippen molar-refractivity contribution in [1.29, 1.82) is 0 Å². The molecule has 106 valence electrons. The van der Waals surface area contributed by atoms with Gasteiger partial charge in [-0.3, -0.25) is 9.48 Å². The van der Waals surface area contributed by atoms with Crippen LogP contribution >= 0.6 is 0 Å². The van der Waals surface area contributed by atoms with Crippen LogP contribution < -0.4 is 5.32 Å². The molecule has 4 nitrogen and oxygen atoms in total. The van der Waals surface area contributed by atoms with E-state index >= 15 is 0 Å². The topological polar surface area (TPSA) is 46.9 Å². The Bertz CT molecular complexity index is 614. The van der Waals surface area contributed by atoms with E-state index in [9.17, 15) is 4.79 Å². The second-order valence-electron chi connectivity index (χ2n) is 5.37. The van der Waals surface area contributed by atoms with Gasteiger partial charge in [0.25, 0.3) is 0 Å². The molecule has 0 bridgehead atoms. The van der Waals surface area contributed by atoms with E-state index in [1.54, 1.807) is 4.68 Å². The number of hydrogen-bond donors (Lipinski definition) is 1. The summed E-state index contributed by atoms with van der Waals surface area (Å²) >= 11 is 0. The first-order valence-corrected chi connectivity index (χ1v) is 6.85. The third-order valence-electron chi connectivity index (χ3n) is 3.30. The third kappa shape index (κ3) is 3.26. The standard InChI is InChI=1S/C16H21N3O/c1-11(2)14-7-5-6-8-15(14)17-16(20)10-13-9-12(3)18-19(13)4/h5-9,11H,10H2,1-4H3,(H,17,20). The Morgan fingerprint density at radius 3 is 2.65 bits per heavy atom. The SMILES string of the molecule is Cc1cc(CC(=O)Nc2ccccc2C(C)C)n(C)n1. The molecule has 1 amide bonds. The highest BCUT2D eigenvalue weighted by Gasteiger charge is 2.11. The summed E-state index contributed by atoms with van der Waals surface area (Å²) in [7, 11) is 1.86. The van der Waals surface area contributed by atoms with E-state index in [0.29, 0.717) is 12.3 Å². The quantitative estimate of drug-likeness (QED) is 0.929. The number of carbonyl (C=O) groups excluding carboxylic acids is 1. The summed E-state index contributed by atoms with van der Waals surface area (Å²) in [6.07, 6.45) is 0.337. The molecule has 0 fully saturated rings. The van der Waals surface area contributed by atoms with Crippen molar-refractivity contribution >= 4 is 11.6 Å². The number of nitrogens with one attached hydrogen (secondary N) is 1. The van der Waals surface area contributed by atoms with Crippen LogP contribution in [0.5, 0.6) is 0 Å². The zero-order valence-corrected chi connectivity index (χ0v) is 12.5. The van der Waals surface area contributed by atoms with E-state index in [0.717, 1.165) is 22.6 Å². The third-order valence-corrected chi connectivity index (χ3v) is 3.30. The van der Waals surface area contributed by atoms with Crippen molar-refractivity contribution < 1.29 is 4.79 Å². The van der Waals surface area contributed by atoms with Crippen LogP contribution in [0.4, 0.5) is 5.69 Å². The fourth-order valence-corrected chi connectivity index (χ4v) is 2.30. The Morgan fingerprint density at radius 2 is 2.05 bits per heavy atom. The fourth-order valence-electron chi connectivity index (χ4n) is 2.30. The number of aromatic nitrogens is 2. The highest BCUT2D eigenvalue weighted by Crippen LogP contribution is 2.23. The minimum absolute atomic E-state index is 0.0129. The Hall–Kier alpha value is -2.10. The number of aryl methyl sites for hydroxylation is 2. The number of carbonyl (C=O) groups is 1. The van der Waals surface area contributed by atoms with Gasteiger partial charge in [-0.1, -0.05) is 32.0 Å². The van der Waals surface area contributed by atoms with Gasteiger partial charge in [-0.05, 0) is 30.5 Å². The molecule has 0 saturated heterocycles. The molecule has 0 aliphatic carbocycles. The Morgan fingerprint density at radius 1 is 1.35 bits per heavy atom. The monoisotopic (exact) mass is 271 g/mol. The average molecular weight is 271 g/mol. The zero-order chi connectivity index (χ0) is 14.7. The summed E-state index contributed by atoms with van der Waals surface area (Å²) < 4.78 is 1.75. The van der Waals surface area contributed by atoms with Crippen LogP contribution in [0.25, 0.3) is 0 Å². The summed E-state index contributed by atoms with van der Waals surface area (Å²) in [4.78, 5) is 12.2. The maximum Gasteiger partial charge on any atom is 0.230 e. The van der Waals surface area contributed by atoms with E-state index in [1.165, 1.54) is 0 Å². The number of anilines is 1. The fraction of sp³-hybridized carbons (Fsp3) is 0.375. The minimum Gasteiger partial charge on any atom is -0.325 e. The van der Waals surface area contributed by atoms with Gasteiger partial charge in [0, 0.05) is 18.4 Å². The van der Waals surface area contributed by atoms with Crippen molar-refractivity contribution in [2.75, 3.05) is 5.32 Å². The van der Waals surface area contributed by atoms with E-state index in [4.69, 9.17) is 0 Å². The molecule has 0 aliphatic rings. The van der Waals surface area contributed by atoms with Gasteiger partial charge in [-0.2, -0.15) is 5.10 Å². The van der Waals surface area contributed by atoms with E-state index in [1.807, 2.05) is 38.2 Å². The largest absolute Gasteiger partial charge is 0.325 e. The van der Waals surface area contributed by atoms with Crippen LogP contribution in [-0.2, 0) is 18.3 Å². The van der Waals surface area contributed by atoms with E-state index < -0.39 is 0 Å². The summed E-state index contributed by atoms with van der Waals surface area (Å²) in [5.74, 6) is 0.367. The first kappa shape index (κ1) is 14.3. The van der Waals surface area contributed by atoms with E-state index in [-0.39, 0.29) is 5.91 Å².